The van der Waals surface area contributed by atoms with Crippen LogP contribution in [0.4, 0.5) is 0 Å². The fraction of sp³-hybridized carbons (Fsp3) is 0.882. The molecule has 0 radical (unpaired) electrons. The van der Waals surface area contributed by atoms with Gasteiger partial charge in [-0.3, -0.25) is 4.18 Å². The summed E-state index contributed by atoms with van der Waals surface area (Å²) < 4.78 is 38.8. The highest BCUT2D eigenvalue weighted by molar-refractivity contribution is 7.85. The number of hydrogen-bond acceptors (Lipinski definition) is 5. The molecule has 6 heteroatoms. The van der Waals surface area contributed by atoms with Gasteiger partial charge in [0.2, 0.25) is 0 Å². The van der Waals surface area contributed by atoms with Crippen molar-refractivity contribution in [2.24, 2.45) is 5.92 Å². The van der Waals surface area contributed by atoms with E-state index in [2.05, 4.69) is 31.2 Å². The molecule has 0 aromatic carbocycles. The molecule has 1 heterocycles. The van der Waals surface area contributed by atoms with Crippen LogP contribution in [0.2, 0.25) is 0 Å². The van der Waals surface area contributed by atoms with Crippen LogP contribution in [0.1, 0.15) is 155 Å². The van der Waals surface area contributed by atoms with Crippen molar-refractivity contribution in [2.45, 2.75) is 161 Å². The summed E-state index contributed by atoms with van der Waals surface area (Å²) in [6, 6.07) is 0. The number of allylic oxidation sites excluding steroid dienone is 4. The van der Waals surface area contributed by atoms with Gasteiger partial charge in [0.1, 0.15) is 0 Å². The monoisotopic (exact) mass is 584 g/mol. The Morgan fingerprint density at radius 2 is 1.18 bits per heavy atom. The predicted molar refractivity (Wildman–Crippen MR) is 170 cm³/mol. The van der Waals surface area contributed by atoms with E-state index in [4.69, 9.17) is 13.7 Å². The smallest absolute Gasteiger partial charge is 0.264 e. The lowest BCUT2D eigenvalue weighted by molar-refractivity contribution is -0.0480. The van der Waals surface area contributed by atoms with Gasteiger partial charge in [-0.1, -0.05) is 128 Å². The maximum Gasteiger partial charge on any atom is 0.264 e. The van der Waals surface area contributed by atoms with Crippen molar-refractivity contribution in [3.05, 3.63) is 24.3 Å². The molecule has 1 unspecified atom stereocenters. The van der Waals surface area contributed by atoms with Gasteiger partial charge in [0.15, 0.2) is 6.29 Å². The molecular weight excluding hydrogens is 520 g/mol. The van der Waals surface area contributed by atoms with Gasteiger partial charge in [-0.05, 0) is 57.3 Å². The Balaban J connectivity index is 2.02. The first kappa shape index (κ1) is 37.3. The van der Waals surface area contributed by atoms with Crippen molar-refractivity contribution in [2.75, 3.05) is 26.1 Å². The van der Waals surface area contributed by atoms with Gasteiger partial charge in [-0.2, -0.15) is 8.42 Å². The Kier molecular flexibility index (Phi) is 25.4. The van der Waals surface area contributed by atoms with Crippen molar-refractivity contribution in [3.8, 4) is 0 Å². The molecule has 5 nitrogen and oxygen atoms in total. The average Bonchev–Trinajstić information content (AvgIpc) is 3.44. The van der Waals surface area contributed by atoms with E-state index in [1.54, 1.807) is 0 Å². The molecule has 0 saturated carbocycles. The molecule has 1 aliphatic heterocycles. The zero-order chi connectivity index (χ0) is 29.0. The molecule has 1 atom stereocenters. The minimum Gasteiger partial charge on any atom is -0.350 e. The fourth-order valence-corrected chi connectivity index (χ4v) is 5.82. The second-order valence-electron chi connectivity index (χ2n) is 11.8. The van der Waals surface area contributed by atoms with Crippen LogP contribution in [-0.4, -0.2) is 40.8 Å². The topological polar surface area (TPSA) is 61.8 Å². The molecule has 1 saturated heterocycles. The van der Waals surface area contributed by atoms with Gasteiger partial charge < -0.3 is 9.47 Å². The highest BCUT2D eigenvalue weighted by Gasteiger charge is 2.15. The molecule has 1 aliphatic rings. The summed E-state index contributed by atoms with van der Waals surface area (Å²) in [6.45, 7) is 4.08. The summed E-state index contributed by atoms with van der Waals surface area (Å²) in [6.07, 6.45) is 39.0. The standard InChI is InChI=1S/C34H64O5S/c1-3-4-5-6-7-8-9-10-11-12-13-14-15-16-17-20-23-26-33(29-30-39-40(2,35)36)27-24-21-18-19-22-25-28-34-37-31-32-38-34/h7-8,10-11,33-34H,3-6,9,12-32H2,1-2H3. The first-order chi connectivity index (χ1) is 19.5. The number of ether oxygens (including phenoxy) is 2. The van der Waals surface area contributed by atoms with Crippen LogP contribution in [0, 0.1) is 5.92 Å². The van der Waals surface area contributed by atoms with Crippen molar-refractivity contribution in [1.29, 1.82) is 0 Å². The van der Waals surface area contributed by atoms with Gasteiger partial charge in [0, 0.05) is 0 Å². The lowest BCUT2D eigenvalue weighted by Gasteiger charge is -2.17. The number of hydrogen-bond donors (Lipinski definition) is 0. The fourth-order valence-electron chi connectivity index (χ4n) is 5.42. The van der Waals surface area contributed by atoms with Crippen LogP contribution >= 0.6 is 0 Å². The highest BCUT2D eigenvalue weighted by Crippen LogP contribution is 2.23. The minimum absolute atomic E-state index is 0.0414. The van der Waals surface area contributed by atoms with E-state index in [1.165, 1.54) is 128 Å². The number of unbranched alkanes of at least 4 members (excludes halogenated alkanes) is 15. The zero-order valence-corrected chi connectivity index (χ0v) is 27.1. The lowest BCUT2D eigenvalue weighted by Crippen LogP contribution is -2.10. The Hall–Kier alpha value is -0.690. The quantitative estimate of drug-likeness (QED) is 0.0497. The maximum absolute atomic E-state index is 11.4. The Labute approximate surface area is 249 Å². The van der Waals surface area contributed by atoms with Crippen LogP contribution < -0.4 is 0 Å². The number of rotatable bonds is 29. The maximum atomic E-state index is 11.4. The van der Waals surface area contributed by atoms with Crippen molar-refractivity contribution in [3.63, 3.8) is 0 Å². The third-order valence-electron chi connectivity index (χ3n) is 7.88. The van der Waals surface area contributed by atoms with Crippen molar-refractivity contribution in [1.82, 2.24) is 0 Å². The molecule has 40 heavy (non-hydrogen) atoms. The second kappa shape index (κ2) is 27.2. The molecule has 0 aliphatic carbocycles. The SMILES string of the molecule is CCCCCC=CCC=CCCCCCCCCCC(CCCCCCCCC1OCCO1)CCOS(C)(=O)=O. The first-order valence-corrected chi connectivity index (χ1v) is 18.7. The molecular formula is C34H64O5S. The molecule has 0 aromatic rings. The van der Waals surface area contributed by atoms with Crippen LogP contribution in [0.15, 0.2) is 24.3 Å². The Bertz CT molecular complexity index is 697. The van der Waals surface area contributed by atoms with Crippen LogP contribution in [0.5, 0.6) is 0 Å². The lowest BCUT2D eigenvalue weighted by atomic mass is 9.91. The largest absolute Gasteiger partial charge is 0.350 e. The second-order valence-corrected chi connectivity index (χ2v) is 13.4. The molecule has 1 rings (SSSR count). The normalized spacial score (nSPS) is 15.7. The molecule has 0 amide bonds. The summed E-state index contributed by atoms with van der Waals surface area (Å²) in [7, 11) is -3.34. The molecule has 1 fully saturated rings. The molecule has 0 bridgehead atoms. The summed E-state index contributed by atoms with van der Waals surface area (Å²) in [5.41, 5.74) is 0. The van der Waals surface area contributed by atoms with Crippen molar-refractivity contribution < 1.29 is 22.1 Å². The van der Waals surface area contributed by atoms with E-state index in [1.807, 2.05) is 0 Å². The molecule has 236 valence electrons. The van der Waals surface area contributed by atoms with Crippen LogP contribution in [0.25, 0.3) is 0 Å². The average molecular weight is 585 g/mol. The zero-order valence-electron chi connectivity index (χ0n) is 26.3. The van der Waals surface area contributed by atoms with Crippen molar-refractivity contribution >= 4 is 10.1 Å². The van der Waals surface area contributed by atoms with Crippen LogP contribution in [-0.2, 0) is 23.8 Å². The van der Waals surface area contributed by atoms with Gasteiger partial charge in [-0.15, -0.1) is 0 Å². The van der Waals surface area contributed by atoms with E-state index >= 15 is 0 Å². The summed E-state index contributed by atoms with van der Waals surface area (Å²) in [4.78, 5) is 0. The first-order valence-electron chi connectivity index (χ1n) is 16.9. The van der Waals surface area contributed by atoms with E-state index in [9.17, 15) is 8.42 Å². The van der Waals surface area contributed by atoms with Gasteiger partial charge >= 0.3 is 0 Å². The highest BCUT2D eigenvalue weighted by atomic mass is 32.2. The summed E-state index contributed by atoms with van der Waals surface area (Å²) in [5, 5.41) is 0. The van der Waals surface area contributed by atoms with E-state index in [0.717, 1.165) is 38.7 Å². The minimum atomic E-state index is -3.34. The molecule has 0 spiro atoms. The van der Waals surface area contributed by atoms with Gasteiger partial charge in [0.05, 0.1) is 26.1 Å². The summed E-state index contributed by atoms with van der Waals surface area (Å²) in [5.74, 6) is 0.580. The predicted octanol–water partition coefficient (Wildman–Crippen LogP) is 10.1. The third-order valence-corrected chi connectivity index (χ3v) is 8.47. The van der Waals surface area contributed by atoms with E-state index in [0.29, 0.717) is 12.5 Å². The van der Waals surface area contributed by atoms with Crippen LogP contribution in [0.3, 0.4) is 0 Å². The third kappa shape index (κ3) is 26.2. The summed E-state index contributed by atoms with van der Waals surface area (Å²) >= 11 is 0. The Morgan fingerprint density at radius 3 is 1.73 bits per heavy atom. The van der Waals surface area contributed by atoms with E-state index in [-0.39, 0.29) is 6.29 Å². The van der Waals surface area contributed by atoms with E-state index < -0.39 is 10.1 Å². The molecule has 0 aromatic heterocycles. The van der Waals surface area contributed by atoms with Gasteiger partial charge in [0.25, 0.3) is 10.1 Å². The Morgan fingerprint density at radius 1 is 0.675 bits per heavy atom. The molecule has 0 N–H and O–H groups in total. The van der Waals surface area contributed by atoms with Gasteiger partial charge in [-0.25, -0.2) is 0 Å².